The van der Waals surface area contributed by atoms with E-state index in [4.69, 9.17) is 9.97 Å². The van der Waals surface area contributed by atoms with Crippen molar-refractivity contribution in [2.75, 3.05) is 0 Å². The fraction of sp³-hybridized carbons (Fsp3) is 0.0833. The van der Waals surface area contributed by atoms with Crippen molar-refractivity contribution < 1.29 is 0 Å². The zero-order chi connectivity index (χ0) is 33.9. The van der Waals surface area contributed by atoms with Gasteiger partial charge >= 0.3 is 0 Å². The molecule has 0 amide bonds. The second-order valence-corrected chi connectivity index (χ2v) is 13.5. The molecule has 0 unspecified atom stereocenters. The molecule has 0 aliphatic heterocycles. The van der Waals surface area contributed by atoms with E-state index in [1.54, 1.807) is 0 Å². The minimum Gasteiger partial charge on any atom is -0.248 e. The summed E-state index contributed by atoms with van der Waals surface area (Å²) in [5, 5.41) is 4.61. The van der Waals surface area contributed by atoms with E-state index in [0.29, 0.717) is 0 Å². The first kappa shape index (κ1) is 30.0. The summed E-state index contributed by atoms with van der Waals surface area (Å²) in [6.45, 7) is 8.98. The Balaban J connectivity index is 1.48. The van der Waals surface area contributed by atoms with Gasteiger partial charge in [-0.15, -0.1) is 0 Å². The van der Waals surface area contributed by atoms with Gasteiger partial charge in [-0.1, -0.05) is 109 Å². The maximum Gasteiger partial charge on any atom is 0.0718 e. The van der Waals surface area contributed by atoms with Crippen LogP contribution in [0.4, 0.5) is 0 Å². The Morgan fingerprint density at radius 3 is 1.46 bits per heavy atom. The van der Waals surface area contributed by atoms with Gasteiger partial charge in [0.2, 0.25) is 0 Å². The van der Waals surface area contributed by atoms with Crippen LogP contribution in [0.5, 0.6) is 0 Å². The molecule has 0 saturated heterocycles. The van der Waals surface area contributed by atoms with Crippen molar-refractivity contribution in [2.24, 2.45) is 0 Å². The highest BCUT2D eigenvalue weighted by Crippen LogP contribution is 2.49. The standard InChI is InChI=1S/C48H36N2/c1-29-25-44-40(27-34-17-8-12-23-42(34)49-44)46(31(29)3)39-22-14-21-38(37-20-11-10-19-36(37)33-15-6-5-7-16-33)48(39)47-32(4)30(2)26-45-41(47)28-35-18-9-13-24-43(35)50-45/h5-28H,1-4H3. The molecule has 238 valence electrons. The Kier molecular flexibility index (Phi) is 7.07. The second-order valence-electron chi connectivity index (χ2n) is 13.5. The molecule has 2 heterocycles. The lowest BCUT2D eigenvalue weighted by molar-refractivity contribution is 1.33. The van der Waals surface area contributed by atoms with E-state index in [1.807, 2.05) is 0 Å². The predicted molar refractivity (Wildman–Crippen MR) is 213 cm³/mol. The minimum absolute atomic E-state index is 1.01. The monoisotopic (exact) mass is 640 g/mol. The Bertz CT molecular complexity index is 2790. The fourth-order valence-corrected chi connectivity index (χ4v) is 7.82. The Hall–Kier alpha value is -6.12. The van der Waals surface area contributed by atoms with Gasteiger partial charge in [-0.05, 0) is 131 Å². The molecule has 2 heteroatoms. The molecule has 9 aromatic rings. The van der Waals surface area contributed by atoms with Gasteiger partial charge in [0.05, 0.1) is 22.1 Å². The van der Waals surface area contributed by atoms with Crippen LogP contribution in [-0.2, 0) is 0 Å². The molecule has 2 aromatic heterocycles. The molecule has 0 spiro atoms. The third-order valence-electron chi connectivity index (χ3n) is 10.6. The maximum absolute atomic E-state index is 5.24. The van der Waals surface area contributed by atoms with Crippen molar-refractivity contribution in [1.82, 2.24) is 9.97 Å². The summed E-state index contributed by atoms with van der Waals surface area (Å²) in [7, 11) is 0. The SMILES string of the molecule is Cc1cc2nc3ccccc3cc2c(-c2cccc(-c3ccccc3-c3ccccc3)c2-c2c(C)c(C)cc3nc4ccccc4cc23)c1C. The zero-order valence-electron chi connectivity index (χ0n) is 28.8. The third-order valence-corrected chi connectivity index (χ3v) is 10.6. The summed E-state index contributed by atoms with van der Waals surface area (Å²) in [5.74, 6) is 0. The smallest absolute Gasteiger partial charge is 0.0718 e. The largest absolute Gasteiger partial charge is 0.248 e. The number of fused-ring (bicyclic) bond motifs is 4. The summed E-state index contributed by atoms with van der Waals surface area (Å²) in [5.41, 5.74) is 18.7. The molecule has 0 bridgehead atoms. The van der Waals surface area contributed by atoms with Gasteiger partial charge in [0.25, 0.3) is 0 Å². The first-order valence-electron chi connectivity index (χ1n) is 17.3. The third kappa shape index (κ3) is 4.79. The van der Waals surface area contributed by atoms with Crippen LogP contribution in [0.1, 0.15) is 22.3 Å². The Labute approximate surface area is 292 Å². The normalized spacial score (nSPS) is 11.6. The van der Waals surface area contributed by atoms with Crippen LogP contribution in [0, 0.1) is 27.7 Å². The molecule has 0 N–H and O–H groups in total. The molecule has 0 atom stereocenters. The molecule has 0 saturated carbocycles. The van der Waals surface area contributed by atoms with Crippen LogP contribution in [0.25, 0.3) is 88.1 Å². The number of aromatic nitrogens is 2. The minimum atomic E-state index is 1.01. The number of rotatable bonds is 4. The highest BCUT2D eigenvalue weighted by atomic mass is 14.7. The van der Waals surface area contributed by atoms with Gasteiger partial charge < -0.3 is 0 Å². The van der Waals surface area contributed by atoms with Crippen LogP contribution in [0.3, 0.4) is 0 Å². The number of pyridine rings is 2. The topological polar surface area (TPSA) is 25.8 Å². The van der Waals surface area contributed by atoms with Gasteiger partial charge in [-0.3, -0.25) is 0 Å². The molecule has 0 radical (unpaired) electrons. The highest BCUT2D eigenvalue weighted by Gasteiger charge is 2.24. The van der Waals surface area contributed by atoms with E-state index in [-0.39, 0.29) is 0 Å². The second kappa shape index (κ2) is 11.8. The molecule has 0 fully saturated rings. The molecule has 0 aliphatic rings. The zero-order valence-corrected chi connectivity index (χ0v) is 28.8. The van der Waals surface area contributed by atoms with Gasteiger partial charge in [0, 0.05) is 21.5 Å². The predicted octanol–water partition coefficient (Wildman–Crippen LogP) is 13.0. The van der Waals surface area contributed by atoms with Crippen molar-refractivity contribution in [3.63, 3.8) is 0 Å². The molecule has 9 rings (SSSR count). The summed E-state index contributed by atoms with van der Waals surface area (Å²) in [6, 6.07) is 52.5. The number of para-hydroxylation sites is 2. The van der Waals surface area contributed by atoms with Crippen LogP contribution in [0.2, 0.25) is 0 Å². The lowest BCUT2D eigenvalue weighted by Crippen LogP contribution is -2.00. The first-order valence-corrected chi connectivity index (χ1v) is 17.3. The van der Waals surface area contributed by atoms with Crippen LogP contribution in [0.15, 0.2) is 146 Å². The van der Waals surface area contributed by atoms with E-state index < -0.39 is 0 Å². The Morgan fingerprint density at radius 2 is 0.820 bits per heavy atom. The van der Waals surface area contributed by atoms with E-state index in [0.717, 1.165) is 38.2 Å². The van der Waals surface area contributed by atoms with Crippen LogP contribution < -0.4 is 0 Å². The highest BCUT2D eigenvalue weighted by molar-refractivity contribution is 6.13. The number of hydrogen-bond donors (Lipinski definition) is 0. The van der Waals surface area contributed by atoms with Crippen molar-refractivity contribution in [1.29, 1.82) is 0 Å². The first-order chi connectivity index (χ1) is 24.5. The quantitative estimate of drug-likeness (QED) is 0.179. The van der Waals surface area contributed by atoms with Gasteiger partial charge in [-0.2, -0.15) is 0 Å². The number of hydrogen-bond acceptors (Lipinski definition) is 2. The summed E-state index contributed by atoms with van der Waals surface area (Å²) < 4.78 is 0. The van der Waals surface area contributed by atoms with Gasteiger partial charge in [-0.25, -0.2) is 9.97 Å². The summed E-state index contributed by atoms with van der Waals surface area (Å²) >= 11 is 0. The molecule has 2 nitrogen and oxygen atoms in total. The average molecular weight is 641 g/mol. The lowest BCUT2D eigenvalue weighted by atomic mass is 9.80. The van der Waals surface area contributed by atoms with E-state index in [1.165, 1.54) is 72.1 Å². The van der Waals surface area contributed by atoms with E-state index in [2.05, 4.69) is 173 Å². The van der Waals surface area contributed by atoms with Gasteiger partial charge in [0.1, 0.15) is 0 Å². The van der Waals surface area contributed by atoms with Crippen molar-refractivity contribution in [3.8, 4) is 44.5 Å². The maximum atomic E-state index is 5.24. The molecule has 0 aliphatic carbocycles. The van der Waals surface area contributed by atoms with Gasteiger partial charge in [0.15, 0.2) is 0 Å². The van der Waals surface area contributed by atoms with Crippen molar-refractivity contribution in [2.45, 2.75) is 27.7 Å². The van der Waals surface area contributed by atoms with E-state index >= 15 is 0 Å². The van der Waals surface area contributed by atoms with Crippen LogP contribution in [-0.4, -0.2) is 9.97 Å². The van der Waals surface area contributed by atoms with E-state index in [9.17, 15) is 0 Å². The number of nitrogens with zero attached hydrogens (tertiary/aromatic N) is 2. The van der Waals surface area contributed by atoms with Crippen LogP contribution >= 0.6 is 0 Å². The molecular weight excluding hydrogens is 605 g/mol. The van der Waals surface area contributed by atoms with Crippen molar-refractivity contribution >= 4 is 43.6 Å². The summed E-state index contributed by atoms with van der Waals surface area (Å²) in [4.78, 5) is 10.4. The average Bonchev–Trinajstić information content (AvgIpc) is 3.15. The lowest BCUT2D eigenvalue weighted by Gasteiger charge is -2.24. The van der Waals surface area contributed by atoms with Crippen molar-refractivity contribution in [3.05, 3.63) is 168 Å². The Morgan fingerprint density at radius 1 is 0.340 bits per heavy atom. The number of aryl methyl sites for hydroxylation is 2. The molecular formula is C48H36N2. The molecule has 50 heavy (non-hydrogen) atoms. The fourth-order valence-electron chi connectivity index (χ4n) is 7.82. The summed E-state index contributed by atoms with van der Waals surface area (Å²) in [6.07, 6.45) is 0. The number of benzene rings is 7. The molecule has 7 aromatic carbocycles.